The lowest BCUT2D eigenvalue weighted by molar-refractivity contribution is 0.0522. The Bertz CT molecular complexity index is 1160. The molecule has 0 aliphatic heterocycles. The number of benzene rings is 1. The van der Waals surface area contributed by atoms with E-state index in [0.717, 1.165) is 45.2 Å². The highest BCUT2D eigenvalue weighted by atomic mass is 16.6. The monoisotopic (exact) mass is 469 g/mol. The summed E-state index contributed by atoms with van der Waals surface area (Å²) in [5, 5.41) is 7.23. The highest BCUT2D eigenvalue weighted by molar-refractivity contribution is 5.92. The molecular formula is C25H35N5O4. The van der Waals surface area contributed by atoms with Crippen LogP contribution in [-0.2, 0) is 17.8 Å². The van der Waals surface area contributed by atoms with E-state index in [0.29, 0.717) is 13.1 Å². The van der Waals surface area contributed by atoms with Crippen LogP contribution >= 0.6 is 0 Å². The van der Waals surface area contributed by atoms with Crippen LogP contribution in [0.25, 0.3) is 11.0 Å². The maximum absolute atomic E-state index is 12.3. The van der Waals surface area contributed by atoms with Gasteiger partial charge in [0.25, 0.3) is 0 Å². The number of carbonyl (C=O) groups excluding carboxylic acids is 1. The molecule has 9 nitrogen and oxygen atoms in total. The number of methoxy groups -OCH3 is 2. The molecule has 184 valence electrons. The van der Waals surface area contributed by atoms with Gasteiger partial charge >= 0.3 is 6.09 Å². The van der Waals surface area contributed by atoms with Gasteiger partial charge in [-0.1, -0.05) is 0 Å². The van der Waals surface area contributed by atoms with Crippen molar-refractivity contribution in [2.24, 2.45) is 0 Å². The van der Waals surface area contributed by atoms with Crippen LogP contribution in [0.2, 0.25) is 0 Å². The fourth-order valence-electron chi connectivity index (χ4n) is 3.91. The van der Waals surface area contributed by atoms with Crippen molar-refractivity contribution in [3.05, 3.63) is 41.3 Å². The van der Waals surface area contributed by atoms with Gasteiger partial charge in [0, 0.05) is 29.9 Å². The van der Waals surface area contributed by atoms with Crippen molar-refractivity contribution in [3.63, 3.8) is 0 Å². The molecule has 3 rings (SSSR count). The number of aromatic nitrogens is 3. The summed E-state index contributed by atoms with van der Waals surface area (Å²) in [6.45, 7) is 12.6. The topological polar surface area (TPSA) is 99.5 Å². The average Bonchev–Trinajstić information content (AvgIpc) is 3.07. The molecule has 1 amide bonds. The molecule has 0 bridgehead atoms. The smallest absolute Gasteiger partial charge is 0.407 e. The van der Waals surface area contributed by atoms with E-state index < -0.39 is 11.7 Å². The third-order valence-corrected chi connectivity index (χ3v) is 5.41. The molecule has 0 fully saturated rings. The van der Waals surface area contributed by atoms with Crippen LogP contribution < -0.4 is 20.1 Å². The third-order valence-electron chi connectivity index (χ3n) is 5.41. The number of rotatable bonds is 8. The van der Waals surface area contributed by atoms with Crippen LogP contribution in [-0.4, -0.2) is 40.4 Å². The lowest BCUT2D eigenvalue weighted by Crippen LogP contribution is -2.32. The van der Waals surface area contributed by atoms with Gasteiger partial charge in [-0.3, -0.25) is 0 Å². The van der Waals surface area contributed by atoms with Crippen molar-refractivity contribution >= 4 is 22.9 Å². The first-order valence-corrected chi connectivity index (χ1v) is 11.3. The predicted octanol–water partition coefficient (Wildman–Crippen LogP) is 4.97. The Morgan fingerprint density at radius 3 is 2.47 bits per heavy atom. The molecule has 1 aromatic carbocycles. The van der Waals surface area contributed by atoms with Crippen LogP contribution in [0.1, 0.15) is 57.5 Å². The van der Waals surface area contributed by atoms with E-state index in [2.05, 4.69) is 39.0 Å². The minimum atomic E-state index is -0.561. The molecule has 3 aromatic rings. The number of aryl methyl sites for hydroxylation is 1. The lowest BCUT2D eigenvalue weighted by Gasteiger charge is -2.20. The SMILES string of the molecule is COc1ccc(CNc2ncnc3c2c(C)c(CNC(=O)OC(C)(C)C)n3C(C)C)c(OC)c1. The molecule has 9 heteroatoms. The van der Waals surface area contributed by atoms with Gasteiger partial charge in [-0.05, 0) is 59.2 Å². The van der Waals surface area contributed by atoms with Gasteiger partial charge in [-0.15, -0.1) is 0 Å². The van der Waals surface area contributed by atoms with Crippen molar-refractivity contribution in [2.45, 2.75) is 66.3 Å². The van der Waals surface area contributed by atoms with E-state index >= 15 is 0 Å². The van der Waals surface area contributed by atoms with E-state index in [-0.39, 0.29) is 6.04 Å². The largest absolute Gasteiger partial charge is 0.497 e. The molecule has 0 saturated heterocycles. The fourth-order valence-corrected chi connectivity index (χ4v) is 3.91. The van der Waals surface area contributed by atoms with E-state index in [1.54, 1.807) is 20.5 Å². The first-order chi connectivity index (χ1) is 16.1. The van der Waals surface area contributed by atoms with Gasteiger partial charge in [-0.2, -0.15) is 0 Å². The number of hydrogen-bond donors (Lipinski definition) is 2. The molecule has 34 heavy (non-hydrogen) atoms. The summed E-state index contributed by atoms with van der Waals surface area (Å²) in [6.07, 6.45) is 1.10. The number of ether oxygens (including phenoxy) is 3. The van der Waals surface area contributed by atoms with E-state index in [9.17, 15) is 4.79 Å². The van der Waals surface area contributed by atoms with E-state index in [1.807, 2.05) is 45.9 Å². The highest BCUT2D eigenvalue weighted by Crippen LogP contribution is 2.32. The maximum atomic E-state index is 12.3. The second-order valence-electron chi connectivity index (χ2n) is 9.34. The zero-order valence-electron chi connectivity index (χ0n) is 21.3. The van der Waals surface area contributed by atoms with E-state index in [4.69, 9.17) is 14.2 Å². The summed E-state index contributed by atoms with van der Waals surface area (Å²) in [4.78, 5) is 21.4. The molecule has 0 saturated carbocycles. The van der Waals surface area contributed by atoms with Crippen molar-refractivity contribution < 1.29 is 19.0 Å². The fraction of sp³-hybridized carbons (Fsp3) is 0.480. The average molecular weight is 470 g/mol. The molecule has 0 spiro atoms. The van der Waals surface area contributed by atoms with Gasteiger partial charge in [0.2, 0.25) is 0 Å². The minimum absolute atomic E-state index is 0.135. The van der Waals surface area contributed by atoms with Crippen molar-refractivity contribution in [1.82, 2.24) is 19.9 Å². The third kappa shape index (κ3) is 5.52. The number of carbonyl (C=O) groups is 1. The van der Waals surface area contributed by atoms with Crippen LogP contribution in [0.3, 0.4) is 0 Å². The molecule has 0 aliphatic rings. The Morgan fingerprint density at radius 2 is 1.85 bits per heavy atom. The quantitative estimate of drug-likeness (QED) is 0.480. The summed E-state index contributed by atoms with van der Waals surface area (Å²) in [5.74, 6) is 2.19. The number of alkyl carbamates (subject to hydrolysis) is 1. The summed E-state index contributed by atoms with van der Waals surface area (Å²) in [5.41, 5.74) is 3.19. The minimum Gasteiger partial charge on any atom is -0.497 e. The Hall–Kier alpha value is -3.49. The highest BCUT2D eigenvalue weighted by Gasteiger charge is 2.22. The van der Waals surface area contributed by atoms with Gasteiger partial charge < -0.3 is 29.4 Å². The van der Waals surface area contributed by atoms with Gasteiger partial charge in [0.1, 0.15) is 34.9 Å². The Labute approximate surface area is 200 Å². The standard InChI is InChI=1S/C25H35N5O4/c1-15(2)30-19(13-27-24(31)34-25(4,5)6)16(3)21-22(28-14-29-23(21)30)26-12-17-9-10-18(32-7)11-20(17)33-8/h9-11,14-15H,12-13H2,1-8H3,(H,27,31)(H,26,28,29). The zero-order chi connectivity index (χ0) is 25.0. The number of fused-ring (bicyclic) bond motifs is 1. The number of nitrogens with one attached hydrogen (secondary N) is 2. The first kappa shape index (κ1) is 25.1. The summed E-state index contributed by atoms with van der Waals surface area (Å²) >= 11 is 0. The summed E-state index contributed by atoms with van der Waals surface area (Å²) in [7, 11) is 3.26. The Kier molecular flexibility index (Phi) is 7.54. The second kappa shape index (κ2) is 10.2. The molecule has 0 unspecified atom stereocenters. The molecule has 2 heterocycles. The lowest BCUT2D eigenvalue weighted by atomic mass is 10.1. The molecule has 0 radical (unpaired) electrons. The molecule has 2 N–H and O–H groups in total. The summed E-state index contributed by atoms with van der Waals surface area (Å²) in [6, 6.07) is 5.85. The molecule has 0 aliphatic carbocycles. The Balaban J connectivity index is 1.93. The van der Waals surface area contributed by atoms with Crippen LogP contribution in [0.4, 0.5) is 10.6 Å². The van der Waals surface area contributed by atoms with Crippen LogP contribution in [0.5, 0.6) is 11.5 Å². The molecule has 2 aromatic heterocycles. The number of anilines is 1. The van der Waals surface area contributed by atoms with Crippen LogP contribution in [0.15, 0.2) is 24.5 Å². The van der Waals surface area contributed by atoms with Crippen LogP contribution in [0, 0.1) is 6.92 Å². The van der Waals surface area contributed by atoms with Crippen molar-refractivity contribution in [2.75, 3.05) is 19.5 Å². The van der Waals surface area contributed by atoms with Crippen molar-refractivity contribution in [3.8, 4) is 11.5 Å². The molecular weight excluding hydrogens is 434 g/mol. The molecule has 0 atom stereocenters. The number of amides is 1. The first-order valence-electron chi connectivity index (χ1n) is 11.3. The van der Waals surface area contributed by atoms with Gasteiger partial charge in [-0.25, -0.2) is 14.8 Å². The second-order valence-corrected chi connectivity index (χ2v) is 9.34. The Morgan fingerprint density at radius 1 is 1.12 bits per heavy atom. The van der Waals surface area contributed by atoms with Gasteiger partial charge in [0.15, 0.2) is 0 Å². The number of hydrogen-bond acceptors (Lipinski definition) is 7. The van der Waals surface area contributed by atoms with Crippen molar-refractivity contribution in [1.29, 1.82) is 0 Å². The normalized spacial score (nSPS) is 11.6. The summed E-state index contributed by atoms with van der Waals surface area (Å²) < 4.78 is 18.3. The zero-order valence-corrected chi connectivity index (χ0v) is 21.3. The van der Waals surface area contributed by atoms with E-state index in [1.165, 1.54) is 0 Å². The maximum Gasteiger partial charge on any atom is 0.407 e. The predicted molar refractivity (Wildman–Crippen MR) is 133 cm³/mol. The van der Waals surface area contributed by atoms with Gasteiger partial charge in [0.05, 0.1) is 26.2 Å². The number of nitrogens with zero attached hydrogens (tertiary/aromatic N) is 3.